The van der Waals surface area contributed by atoms with Crippen molar-refractivity contribution in [2.24, 2.45) is 0 Å². The first-order chi connectivity index (χ1) is 9.48. The van der Waals surface area contributed by atoms with Gasteiger partial charge in [0, 0.05) is 43.4 Å². The SMILES string of the molecule is CC(C)(C)n1ccnc(NCCCn2cccn2)c1=O. The molecule has 0 saturated heterocycles. The Bertz CT molecular complexity index is 595. The van der Waals surface area contributed by atoms with Gasteiger partial charge in [-0.1, -0.05) is 0 Å². The summed E-state index contributed by atoms with van der Waals surface area (Å²) in [5, 5.41) is 7.23. The molecule has 0 saturated carbocycles. The van der Waals surface area contributed by atoms with E-state index in [-0.39, 0.29) is 11.1 Å². The molecular formula is C14H21N5O. The van der Waals surface area contributed by atoms with Crippen molar-refractivity contribution in [2.45, 2.75) is 39.3 Å². The summed E-state index contributed by atoms with van der Waals surface area (Å²) in [5.74, 6) is 0.405. The minimum Gasteiger partial charge on any atom is -0.365 e. The Balaban J connectivity index is 1.95. The highest BCUT2D eigenvalue weighted by Crippen LogP contribution is 2.10. The van der Waals surface area contributed by atoms with Crippen molar-refractivity contribution in [1.82, 2.24) is 19.3 Å². The normalized spacial score (nSPS) is 11.6. The Kier molecular flexibility index (Phi) is 4.22. The van der Waals surface area contributed by atoms with Crippen LogP contribution in [0.4, 0.5) is 5.82 Å². The summed E-state index contributed by atoms with van der Waals surface area (Å²) in [6, 6.07) is 1.90. The Hall–Kier alpha value is -2.11. The van der Waals surface area contributed by atoms with Crippen molar-refractivity contribution in [3.8, 4) is 0 Å². The standard InChI is InChI=1S/C14H21N5O/c1-14(2,3)19-11-8-16-12(13(19)20)15-6-4-9-18-10-5-7-17-18/h5,7-8,10-11H,4,6,9H2,1-3H3,(H,15,16). The van der Waals surface area contributed by atoms with Crippen LogP contribution < -0.4 is 10.9 Å². The van der Waals surface area contributed by atoms with Crippen molar-refractivity contribution in [3.63, 3.8) is 0 Å². The van der Waals surface area contributed by atoms with Crippen LogP contribution in [0.2, 0.25) is 0 Å². The first-order valence-corrected chi connectivity index (χ1v) is 6.78. The lowest BCUT2D eigenvalue weighted by atomic mass is 10.1. The number of hydrogen-bond acceptors (Lipinski definition) is 4. The molecular weight excluding hydrogens is 254 g/mol. The van der Waals surface area contributed by atoms with Crippen LogP contribution in [0.25, 0.3) is 0 Å². The molecule has 0 aliphatic heterocycles. The second kappa shape index (κ2) is 5.90. The van der Waals surface area contributed by atoms with E-state index in [4.69, 9.17) is 0 Å². The highest BCUT2D eigenvalue weighted by Gasteiger charge is 2.16. The average molecular weight is 275 g/mol. The van der Waals surface area contributed by atoms with E-state index in [1.807, 2.05) is 37.7 Å². The quantitative estimate of drug-likeness (QED) is 0.843. The summed E-state index contributed by atoms with van der Waals surface area (Å²) in [6.07, 6.45) is 7.94. The molecule has 0 aliphatic rings. The van der Waals surface area contributed by atoms with Gasteiger partial charge in [-0.2, -0.15) is 5.10 Å². The van der Waals surface area contributed by atoms with Crippen molar-refractivity contribution in [2.75, 3.05) is 11.9 Å². The molecule has 0 aliphatic carbocycles. The minimum atomic E-state index is -0.245. The molecule has 2 aromatic rings. The molecule has 0 amide bonds. The lowest BCUT2D eigenvalue weighted by Crippen LogP contribution is -2.35. The van der Waals surface area contributed by atoms with Gasteiger partial charge in [0.2, 0.25) is 0 Å². The first-order valence-electron chi connectivity index (χ1n) is 6.78. The Morgan fingerprint density at radius 3 is 2.70 bits per heavy atom. The van der Waals surface area contributed by atoms with E-state index < -0.39 is 0 Å². The Labute approximate surface area is 118 Å². The number of anilines is 1. The van der Waals surface area contributed by atoms with E-state index in [0.29, 0.717) is 12.4 Å². The molecule has 0 bridgehead atoms. The molecule has 20 heavy (non-hydrogen) atoms. The molecule has 0 fully saturated rings. The van der Waals surface area contributed by atoms with Crippen LogP contribution in [0.1, 0.15) is 27.2 Å². The molecule has 0 radical (unpaired) electrons. The summed E-state index contributed by atoms with van der Waals surface area (Å²) in [5.41, 5.74) is -0.329. The highest BCUT2D eigenvalue weighted by atomic mass is 16.1. The topological polar surface area (TPSA) is 64.7 Å². The van der Waals surface area contributed by atoms with Gasteiger partial charge in [0.25, 0.3) is 5.56 Å². The van der Waals surface area contributed by atoms with Gasteiger partial charge in [-0.05, 0) is 33.3 Å². The zero-order chi connectivity index (χ0) is 14.6. The monoisotopic (exact) mass is 275 g/mol. The summed E-state index contributed by atoms with van der Waals surface area (Å²) in [4.78, 5) is 16.4. The third kappa shape index (κ3) is 3.46. The van der Waals surface area contributed by atoms with E-state index in [1.54, 1.807) is 23.2 Å². The van der Waals surface area contributed by atoms with E-state index >= 15 is 0 Å². The number of rotatable bonds is 5. The van der Waals surface area contributed by atoms with Crippen molar-refractivity contribution >= 4 is 5.82 Å². The molecule has 2 rings (SSSR count). The molecule has 1 N–H and O–H groups in total. The fourth-order valence-corrected chi connectivity index (χ4v) is 1.94. The zero-order valence-electron chi connectivity index (χ0n) is 12.2. The van der Waals surface area contributed by atoms with Crippen molar-refractivity contribution < 1.29 is 0 Å². The lowest BCUT2D eigenvalue weighted by molar-refractivity contribution is 0.383. The molecule has 108 valence electrons. The van der Waals surface area contributed by atoms with Crippen molar-refractivity contribution in [3.05, 3.63) is 41.2 Å². The fraction of sp³-hybridized carbons (Fsp3) is 0.500. The van der Waals surface area contributed by atoms with Crippen LogP contribution in [0.3, 0.4) is 0 Å². The van der Waals surface area contributed by atoms with Crippen molar-refractivity contribution in [1.29, 1.82) is 0 Å². The van der Waals surface area contributed by atoms with Gasteiger partial charge in [-0.25, -0.2) is 4.98 Å². The van der Waals surface area contributed by atoms with Crippen LogP contribution in [-0.4, -0.2) is 25.9 Å². The van der Waals surface area contributed by atoms with Gasteiger partial charge in [0.05, 0.1) is 0 Å². The van der Waals surface area contributed by atoms with E-state index in [2.05, 4.69) is 15.4 Å². The van der Waals surface area contributed by atoms with Gasteiger partial charge in [0.15, 0.2) is 5.82 Å². The molecule has 0 unspecified atom stereocenters. The Morgan fingerprint density at radius 2 is 2.05 bits per heavy atom. The van der Waals surface area contributed by atoms with E-state index in [1.165, 1.54) is 0 Å². The largest absolute Gasteiger partial charge is 0.365 e. The maximum absolute atomic E-state index is 12.3. The Morgan fingerprint density at radius 1 is 1.25 bits per heavy atom. The van der Waals surface area contributed by atoms with Crippen LogP contribution in [0.5, 0.6) is 0 Å². The van der Waals surface area contributed by atoms with E-state index in [9.17, 15) is 4.79 Å². The third-order valence-corrected chi connectivity index (χ3v) is 2.98. The second-order valence-corrected chi connectivity index (χ2v) is 5.67. The third-order valence-electron chi connectivity index (χ3n) is 2.98. The van der Waals surface area contributed by atoms with E-state index in [0.717, 1.165) is 13.0 Å². The van der Waals surface area contributed by atoms with Crippen LogP contribution >= 0.6 is 0 Å². The highest BCUT2D eigenvalue weighted by molar-refractivity contribution is 5.30. The van der Waals surface area contributed by atoms with Crippen LogP contribution in [0.15, 0.2) is 35.6 Å². The summed E-state index contributed by atoms with van der Waals surface area (Å²) in [6.45, 7) is 7.50. The smallest absolute Gasteiger partial charge is 0.293 e. The maximum atomic E-state index is 12.3. The molecule has 6 heteroatoms. The summed E-state index contributed by atoms with van der Waals surface area (Å²) < 4.78 is 3.56. The van der Waals surface area contributed by atoms with Gasteiger partial charge >= 0.3 is 0 Å². The number of aromatic nitrogens is 4. The summed E-state index contributed by atoms with van der Waals surface area (Å²) in [7, 11) is 0. The predicted octanol–water partition coefficient (Wildman–Crippen LogP) is 1.70. The van der Waals surface area contributed by atoms with Crippen LogP contribution in [0, 0.1) is 0 Å². The molecule has 0 aromatic carbocycles. The molecule has 6 nitrogen and oxygen atoms in total. The average Bonchev–Trinajstić information content (AvgIpc) is 2.88. The van der Waals surface area contributed by atoms with Gasteiger partial charge in [-0.3, -0.25) is 9.48 Å². The number of nitrogens with one attached hydrogen (secondary N) is 1. The number of nitrogens with zero attached hydrogens (tertiary/aromatic N) is 4. The second-order valence-electron chi connectivity index (χ2n) is 5.67. The summed E-state index contributed by atoms with van der Waals surface area (Å²) >= 11 is 0. The zero-order valence-corrected chi connectivity index (χ0v) is 12.2. The van der Waals surface area contributed by atoms with Crippen LogP contribution in [-0.2, 0) is 12.1 Å². The first kappa shape index (κ1) is 14.3. The fourth-order valence-electron chi connectivity index (χ4n) is 1.94. The predicted molar refractivity (Wildman–Crippen MR) is 78.8 cm³/mol. The molecule has 0 atom stereocenters. The van der Waals surface area contributed by atoms with Gasteiger partial charge in [0.1, 0.15) is 0 Å². The number of hydrogen-bond donors (Lipinski definition) is 1. The molecule has 0 spiro atoms. The lowest BCUT2D eigenvalue weighted by Gasteiger charge is -2.22. The van der Waals surface area contributed by atoms with Gasteiger partial charge in [-0.15, -0.1) is 0 Å². The minimum absolute atomic E-state index is 0.0842. The maximum Gasteiger partial charge on any atom is 0.293 e. The van der Waals surface area contributed by atoms with Gasteiger partial charge < -0.3 is 9.88 Å². The molecule has 2 heterocycles. The number of aryl methyl sites for hydroxylation is 1. The molecule has 2 aromatic heterocycles.